The summed E-state index contributed by atoms with van der Waals surface area (Å²) in [4.78, 5) is 10.8. The van der Waals surface area contributed by atoms with E-state index in [9.17, 15) is 10.1 Å². The zero-order chi connectivity index (χ0) is 10.7. The molecule has 0 amide bonds. The Morgan fingerprint density at radius 2 is 2.14 bits per heavy atom. The summed E-state index contributed by atoms with van der Waals surface area (Å²) < 4.78 is 0. The molecule has 0 atom stereocenters. The smallest absolute Gasteiger partial charge is 0.258 e. The van der Waals surface area contributed by atoms with Gasteiger partial charge in [0.1, 0.15) is 4.90 Å². The summed E-state index contributed by atoms with van der Waals surface area (Å²) in [6, 6.07) is 4.72. The Morgan fingerprint density at radius 1 is 1.50 bits per heavy atom. The summed E-state index contributed by atoms with van der Waals surface area (Å²) in [7, 11) is 0. The molecule has 0 radical (unpaired) electrons. The molecule has 0 heterocycles. The molecule has 0 aliphatic rings. The highest BCUT2D eigenvalue weighted by atomic mass is 35.5. The van der Waals surface area contributed by atoms with E-state index in [1.807, 2.05) is 13.8 Å². The van der Waals surface area contributed by atoms with Crippen molar-refractivity contribution >= 4 is 29.1 Å². The van der Waals surface area contributed by atoms with Crippen LogP contribution in [-0.4, -0.2) is 10.2 Å². The maximum Gasteiger partial charge on any atom is 0.284 e. The van der Waals surface area contributed by atoms with E-state index in [0.717, 1.165) is 0 Å². The summed E-state index contributed by atoms with van der Waals surface area (Å²) >= 11 is 7.30. The molecule has 1 aromatic carbocycles. The number of hydrogen-bond acceptors (Lipinski definition) is 3. The van der Waals surface area contributed by atoms with Crippen molar-refractivity contribution in [3.8, 4) is 0 Å². The van der Waals surface area contributed by atoms with Crippen molar-refractivity contribution in [3.63, 3.8) is 0 Å². The normalized spacial score (nSPS) is 10.6. The van der Waals surface area contributed by atoms with Crippen LogP contribution in [0.5, 0.6) is 0 Å². The van der Waals surface area contributed by atoms with Crippen LogP contribution in [0.3, 0.4) is 0 Å². The monoisotopic (exact) mass is 231 g/mol. The second-order valence-corrected chi connectivity index (χ2v) is 5.01. The van der Waals surface area contributed by atoms with E-state index in [1.165, 1.54) is 17.8 Å². The van der Waals surface area contributed by atoms with E-state index in [0.29, 0.717) is 9.92 Å². The first-order valence-corrected chi connectivity index (χ1v) is 5.37. The average molecular weight is 232 g/mol. The molecule has 0 spiro atoms. The Bertz CT molecular complexity index is 355. The fourth-order valence-electron chi connectivity index (χ4n) is 0.994. The van der Waals surface area contributed by atoms with Gasteiger partial charge in [0.05, 0.1) is 9.95 Å². The van der Waals surface area contributed by atoms with E-state index < -0.39 is 4.92 Å². The maximum atomic E-state index is 10.7. The number of nitro groups is 1. The Labute approximate surface area is 91.6 Å². The standard InChI is InChI=1S/C9H10ClNO2S/c1-6(2)14-9-7(10)4-3-5-8(9)11(12)13/h3-6H,1-2H3. The second-order valence-electron chi connectivity index (χ2n) is 3.01. The molecule has 0 N–H and O–H groups in total. The molecule has 0 aliphatic carbocycles. The molecule has 3 nitrogen and oxygen atoms in total. The van der Waals surface area contributed by atoms with Gasteiger partial charge >= 0.3 is 0 Å². The van der Waals surface area contributed by atoms with Gasteiger partial charge in [-0.2, -0.15) is 0 Å². The minimum absolute atomic E-state index is 0.0798. The summed E-state index contributed by atoms with van der Waals surface area (Å²) in [6.07, 6.45) is 0. The fraction of sp³-hybridized carbons (Fsp3) is 0.333. The largest absolute Gasteiger partial charge is 0.284 e. The molecule has 1 rings (SSSR count). The highest BCUT2D eigenvalue weighted by molar-refractivity contribution is 8.00. The molecule has 14 heavy (non-hydrogen) atoms. The molecule has 0 saturated carbocycles. The van der Waals surface area contributed by atoms with E-state index in [2.05, 4.69) is 0 Å². The van der Waals surface area contributed by atoms with Gasteiger partial charge < -0.3 is 0 Å². The minimum atomic E-state index is -0.406. The van der Waals surface area contributed by atoms with Crippen LogP contribution in [0.2, 0.25) is 5.02 Å². The predicted molar refractivity (Wildman–Crippen MR) is 59.1 cm³/mol. The van der Waals surface area contributed by atoms with Crippen molar-refractivity contribution in [1.29, 1.82) is 0 Å². The van der Waals surface area contributed by atoms with Gasteiger partial charge in [0.2, 0.25) is 0 Å². The second kappa shape index (κ2) is 4.66. The highest BCUT2D eigenvalue weighted by Gasteiger charge is 2.17. The van der Waals surface area contributed by atoms with Crippen LogP contribution in [0.25, 0.3) is 0 Å². The number of hydrogen-bond donors (Lipinski definition) is 0. The number of nitro benzene ring substituents is 1. The third-order valence-corrected chi connectivity index (χ3v) is 3.06. The number of thioether (sulfide) groups is 1. The molecule has 0 fully saturated rings. The van der Waals surface area contributed by atoms with Crippen molar-refractivity contribution in [2.75, 3.05) is 0 Å². The Hall–Kier alpha value is -0.740. The summed E-state index contributed by atoms with van der Waals surface area (Å²) in [6.45, 7) is 3.94. The Morgan fingerprint density at radius 3 is 2.64 bits per heavy atom. The minimum Gasteiger partial charge on any atom is -0.258 e. The molecule has 0 aromatic heterocycles. The topological polar surface area (TPSA) is 43.1 Å². The van der Waals surface area contributed by atoms with Gasteiger partial charge in [-0.1, -0.05) is 31.5 Å². The maximum absolute atomic E-state index is 10.7. The van der Waals surface area contributed by atoms with Crippen LogP contribution < -0.4 is 0 Å². The first-order valence-electron chi connectivity index (χ1n) is 4.12. The van der Waals surface area contributed by atoms with Gasteiger partial charge in [-0.05, 0) is 6.07 Å². The van der Waals surface area contributed by atoms with Crippen LogP contribution >= 0.6 is 23.4 Å². The molecule has 0 aliphatic heterocycles. The van der Waals surface area contributed by atoms with Gasteiger partial charge in [-0.3, -0.25) is 10.1 Å². The van der Waals surface area contributed by atoms with Gasteiger partial charge in [0.15, 0.2) is 0 Å². The molecule has 0 unspecified atom stereocenters. The SMILES string of the molecule is CC(C)Sc1c(Cl)cccc1[N+](=O)[O-]. The molecule has 1 aromatic rings. The van der Waals surface area contributed by atoms with Crippen molar-refractivity contribution in [2.45, 2.75) is 24.0 Å². The Balaban J connectivity index is 3.15. The van der Waals surface area contributed by atoms with E-state index in [4.69, 9.17) is 11.6 Å². The molecule has 76 valence electrons. The number of benzene rings is 1. The van der Waals surface area contributed by atoms with Gasteiger partial charge in [0, 0.05) is 11.3 Å². The summed E-state index contributed by atoms with van der Waals surface area (Å²) in [5.41, 5.74) is 0.0798. The zero-order valence-corrected chi connectivity index (χ0v) is 9.43. The fourth-order valence-corrected chi connectivity index (χ4v) is 2.21. The highest BCUT2D eigenvalue weighted by Crippen LogP contribution is 2.37. The van der Waals surface area contributed by atoms with Gasteiger partial charge in [0.25, 0.3) is 5.69 Å². The van der Waals surface area contributed by atoms with Crippen LogP contribution in [-0.2, 0) is 0 Å². The molecule has 5 heteroatoms. The number of nitrogens with zero attached hydrogens (tertiary/aromatic N) is 1. The average Bonchev–Trinajstić information content (AvgIpc) is 2.07. The summed E-state index contributed by atoms with van der Waals surface area (Å²) in [5, 5.41) is 11.4. The van der Waals surface area contributed by atoms with Crippen molar-refractivity contribution in [1.82, 2.24) is 0 Å². The zero-order valence-electron chi connectivity index (χ0n) is 7.86. The number of rotatable bonds is 3. The molecular weight excluding hydrogens is 222 g/mol. The van der Waals surface area contributed by atoms with Crippen LogP contribution in [0.4, 0.5) is 5.69 Å². The van der Waals surface area contributed by atoms with Crippen molar-refractivity contribution in [3.05, 3.63) is 33.3 Å². The molecule has 0 bridgehead atoms. The van der Waals surface area contributed by atoms with Gasteiger partial charge in [-0.15, -0.1) is 11.8 Å². The third kappa shape index (κ3) is 2.62. The van der Waals surface area contributed by atoms with Crippen molar-refractivity contribution in [2.24, 2.45) is 0 Å². The van der Waals surface area contributed by atoms with Crippen LogP contribution in [0.1, 0.15) is 13.8 Å². The first-order chi connectivity index (χ1) is 6.52. The van der Waals surface area contributed by atoms with Crippen LogP contribution in [0.15, 0.2) is 23.1 Å². The van der Waals surface area contributed by atoms with Crippen LogP contribution in [0, 0.1) is 10.1 Å². The van der Waals surface area contributed by atoms with Crippen molar-refractivity contribution < 1.29 is 4.92 Å². The third-order valence-electron chi connectivity index (χ3n) is 1.50. The molecular formula is C9H10ClNO2S. The number of halogens is 1. The predicted octanol–water partition coefficient (Wildman–Crippen LogP) is 3.75. The lowest BCUT2D eigenvalue weighted by molar-refractivity contribution is -0.387. The van der Waals surface area contributed by atoms with E-state index in [1.54, 1.807) is 12.1 Å². The quantitative estimate of drug-likeness (QED) is 0.452. The van der Waals surface area contributed by atoms with E-state index >= 15 is 0 Å². The lowest BCUT2D eigenvalue weighted by Crippen LogP contribution is -1.94. The first kappa shape index (κ1) is 11.3. The Kier molecular flexibility index (Phi) is 3.77. The van der Waals surface area contributed by atoms with E-state index in [-0.39, 0.29) is 10.9 Å². The van der Waals surface area contributed by atoms with Gasteiger partial charge in [-0.25, -0.2) is 0 Å². The lowest BCUT2D eigenvalue weighted by atomic mass is 10.3. The molecule has 0 saturated heterocycles. The summed E-state index contributed by atoms with van der Waals surface area (Å²) in [5.74, 6) is 0. The lowest BCUT2D eigenvalue weighted by Gasteiger charge is -2.06.